The lowest BCUT2D eigenvalue weighted by Crippen LogP contribution is -2.26. The molecule has 0 bridgehead atoms. The first-order valence-corrected chi connectivity index (χ1v) is 8.33. The van der Waals surface area contributed by atoms with Crippen molar-refractivity contribution in [1.82, 2.24) is 13.9 Å². The second-order valence-corrected chi connectivity index (χ2v) is 6.84. The Hall–Kier alpha value is -2.08. The van der Waals surface area contributed by atoms with Crippen molar-refractivity contribution in [2.24, 2.45) is 5.92 Å². The summed E-state index contributed by atoms with van der Waals surface area (Å²) in [4.78, 5) is 18.2. The molecule has 0 aliphatic heterocycles. The van der Waals surface area contributed by atoms with E-state index < -0.39 is 0 Å². The molecule has 0 fully saturated rings. The molecule has 0 spiro atoms. The van der Waals surface area contributed by atoms with Crippen molar-refractivity contribution >= 4 is 21.7 Å². The van der Waals surface area contributed by atoms with E-state index in [1.807, 2.05) is 6.92 Å². The zero-order valence-electron chi connectivity index (χ0n) is 13.3. The van der Waals surface area contributed by atoms with Crippen molar-refractivity contribution in [2.75, 3.05) is 0 Å². The van der Waals surface area contributed by atoms with Crippen LogP contribution in [0.3, 0.4) is 0 Å². The molecule has 0 radical (unpaired) electrons. The van der Waals surface area contributed by atoms with Crippen molar-refractivity contribution in [3.63, 3.8) is 0 Å². The van der Waals surface area contributed by atoms with Crippen molar-refractivity contribution < 1.29 is 4.39 Å². The lowest BCUT2D eigenvalue weighted by Gasteiger charge is -2.14. The van der Waals surface area contributed by atoms with E-state index in [1.54, 1.807) is 16.7 Å². The van der Waals surface area contributed by atoms with E-state index >= 15 is 0 Å². The highest BCUT2D eigenvalue weighted by molar-refractivity contribution is 7.12. The van der Waals surface area contributed by atoms with Gasteiger partial charge in [-0.05, 0) is 42.1 Å². The number of benzene rings is 1. The Balaban J connectivity index is 2.15. The summed E-state index contributed by atoms with van der Waals surface area (Å²) in [7, 11) is 0. The maximum absolute atomic E-state index is 13.1. The van der Waals surface area contributed by atoms with Crippen LogP contribution in [0.2, 0.25) is 0 Å². The number of nitrogens with zero attached hydrogens (tertiary/aromatic N) is 3. The Labute approximate surface area is 137 Å². The number of fused-ring (bicyclic) bond motifs is 1. The maximum atomic E-state index is 13.1. The first-order chi connectivity index (χ1) is 11.0. The minimum Gasteiger partial charge on any atom is -0.292 e. The molecule has 0 amide bonds. The SMILES string of the molecule is Cc1nsc2nc(CC(C)C)n(Cc3ccc(F)cc3)c(=O)c12. The van der Waals surface area contributed by atoms with Crippen LogP contribution in [0.25, 0.3) is 10.2 Å². The predicted molar refractivity (Wildman–Crippen MR) is 90.5 cm³/mol. The summed E-state index contributed by atoms with van der Waals surface area (Å²) in [6.45, 7) is 6.40. The third-order valence-corrected chi connectivity index (χ3v) is 4.52. The van der Waals surface area contributed by atoms with Crippen LogP contribution in [0.4, 0.5) is 4.39 Å². The molecule has 4 nitrogen and oxygen atoms in total. The Bertz CT molecular complexity index is 897. The van der Waals surface area contributed by atoms with Crippen LogP contribution in [-0.2, 0) is 13.0 Å². The second kappa shape index (κ2) is 6.20. The van der Waals surface area contributed by atoms with Gasteiger partial charge in [0, 0.05) is 6.42 Å². The normalized spacial score (nSPS) is 11.5. The molecule has 6 heteroatoms. The molecule has 2 aromatic heterocycles. The summed E-state index contributed by atoms with van der Waals surface area (Å²) in [6, 6.07) is 6.21. The maximum Gasteiger partial charge on any atom is 0.264 e. The van der Waals surface area contributed by atoms with Crippen LogP contribution in [0.5, 0.6) is 0 Å². The van der Waals surface area contributed by atoms with Crippen molar-refractivity contribution in [3.8, 4) is 0 Å². The van der Waals surface area contributed by atoms with Crippen LogP contribution in [0.15, 0.2) is 29.1 Å². The number of hydrogen-bond acceptors (Lipinski definition) is 4. The molecule has 0 atom stereocenters. The number of rotatable bonds is 4. The van der Waals surface area contributed by atoms with Gasteiger partial charge in [0.25, 0.3) is 5.56 Å². The van der Waals surface area contributed by atoms with E-state index in [4.69, 9.17) is 0 Å². The molecular weight excluding hydrogens is 313 g/mol. The van der Waals surface area contributed by atoms with E-state index in [0.29, 0.717) is 34.8 Å². The van der Waals surface area contributed by atoms with E-state index in [1.165, 1.54) is 23.7 Å². The number of aromatic nitrogens is 3. The zero-order valence-corrected chi connectivity index (χ0v) is 14.2. The fraction of sp³-hybridized carbons (Fsp3) is 0.353. The second-order valence-electron chi connectivity index (χ2n) is 6.09. The van der Waals surface area contributed by atoms with Crippen molar-refractivity contribution in [2.45, 2.75) is 33.7 Å². The van der Waals surface area contributed by atoms with Crippen molar-refractivity contribution in [1.29, 1.82) is 0 Å². The molecule has 120 valence electrons. The Morgan fingerprint density at radius 3 is 2.61 bits per heavy atom. The van der Waals surface area contributed by atoms with Crippen LogP contribution < -0.4 is 5.56 Å². The highest BCUT2D eigenvalue weighted by Gasteiger charge is 2.16. The number of halogens is 1. The van der Waals surface area contributed by atoms with E-state index in [-0.39, 0.29) is 11.4 Å². The summed E-state index contributed by atoms with van der Waals surface area (Å²) in [5.74, 6) is 0.855. The molecular formula is C17H18FN3OS. The van der Waals surface area contributed by atoms with Gasteiger partial charge in [-0.1, -0.05) is 26.0 Å². The Kier molecular flexibility index (Phi) is 4.26. The molecule has 3 aromatic rings. The molecule has 0 saturated carbocycles. The molecule has 23 heavy (non-hydrogen) atoms. The minimum atomic E-state index is -0.282. The van der Waals surface area contributed by atoms with Crippen LogP contribution in [-0.4, -0.2) is 13.9 Å². The number of aryl methyl sites for hydroxylation is 1. The largest absolute Gasteiger partial charge is 0.292 e. The summed E-state index contributed by atoms with van der Waals surface area (Å²) >= 11 is 1.26. The fourth-order valence-corrected chi connectivity index (χ4v) is 3.35. The lowest BCUT2D eigenvalue weighted by atomic mass is 10.1. The third-order valence-electron chi connectivity index (χ3n) is 3.69. The Morgan fingerprint density at radius 2 is 1.96 bits per heavy atom. The van der Waals surface area contributed by atoms with Gasteiger partial charge in [-0.25, -0.2) is 9.37 Å². The highest BCUT2D eigenvalue weighted by atomic mass is 32.1. The summed E-state index contributed by atoms with van der Waals surface area (Å²) in [5.41, 5.74) is 1.52. The van der Waals surface area contributed by atoms with Gasteiger partial charge in [0.2, 0.25) is 0 Å². The zero-order chi connectivity index (χ0) is 16.6. The Morgan fingerprint density at radius 1 is 1.26 bits per heavy atom. The standard InChI is InChI=1S/C17H18FN3OS/c1-10(2)8-14-19-16-15(11(3)20-23-16)17(22)21(14)9-12-4-6-13(18)7-5-12/h4-7,10H,8-9H2,1-3H3. The molecule has 3 rings (SSSR count). The van der Waals surface area contributed by atoms with E-state index in [2.05, 4.69) is 23.2 Å². The van der Waals surface area contributed by atoms with Gasteiger partial charge in [0.15, 0.2) is 4.83 Å². The first kappa shape index (κ1) is 15.8. The lowest BCUT2D eigenvalue weighted by molar-refractivity contribution is 0.574. The van der Waals surface area contributed by atoms with Gasteiger partial charge in [0.1, 0.15) is 11.6 Å². The summed E-state index contributed by atoms with van der Waals surface area (Å²) < 4.78 is 19.0. The monoisotopic (exact) mass is 331 g/mol. The van der Waals surface area contributed by atoms with Gasteiger partial charge in [-0.2, -0.15) is 4.37 Å². The minimum absolute atomic E-state index is 0.0683. The van der Waals surface area contributed by atoms with Crippen LogP contribution in [0, 0.1) is 18.7 Å². The highest BCUT2D eigenvalue weighted by Crippen LogP contribution is 2.19. The van der Waals surface area contributed by atoms with Crippen LogP contribution >= 0.6 is 11.5 Å². The quantitative estimate of drug-likeness (QED) is 0.734. The molecule has 1 aromatic carbocycles. The number of hydrogen-bond donors (Lipinski definition) is 0. The smallest absolute Gasteiger partial charge is 0.264 e. The van der Waals surface area contributed by atoms with E-state index in [0.717, 1.165) is 11.4 Å². The average Bonchev–Trinajstić information content (AvgIpc) is 2.86. The van der Waals surface area contributed by atoms with Gasteiger partial charge < -0.3 is 0 Å². The van der Waals surface area contributed by atoms with Gasteiger partial charge in [-0.3, -0.25) is 9.36 Å². The van der Waals surface area contributed by atoms with Gasteiger partial charge in [-0.15, -0.1) is 0 Å². The first-order valence-electron chi connectivity index (χ1n) is 7.56. The van der Waals surface area contributed by atoms with Gasteiger partial charge >= 0.3 is 0 Å². The topological polar surface area (TPSA) is 47.8 Å². The fourth-order valence-electron chi connectivity index (χ4n) is 2.57. The molecule has 0 aliphatic rings. The van der Waals surface area contributed by atoms with E-state index in [9.17, 15) is 9.18 Å². The van der Waals surface area contributed by atoms with Gasteiger partial charge in [0.05, 0.1) is 17.6 Å². The molecule has 0 saturated heterocycles. The third kappa shape index (κ3) is 3.17. The molecule has 0 aliphatic carbocycles. The van der Waals surface area contributed by atoms with Crippen molar-refractivity contribution in [3.05, 3.63) is 57.5 Å². The predicted octanol–water partition coefficient (Wildman–Crippen LogP) is 3.55. The van der Waals surface area contributed by atoms with Crippen LogP contribution in [0.1, 0.15) is 30.9 Å². The summed E-state index contributed by atoms with van der Waals surface area (Å²) in [5, 5.41) is 0.588. The molecule has 2 heterocycles. The molecule has 0 unspecified atom stereocenters. The summed E-state index contributed by atoms with van der Waals surface area (Å²) in [6.07, 6.45) is 0.712. The average molecular weight is 331 g/mol. The molecule has 0 N–H and O–H groups in total.